The zero-order valence-electron chi connectivity index (χ0n) is 13.7. The fraction of sp³-hybridized carbons (Fsp3) is 0.111. The van der Waals surface area contributed by atoms with Crippen LogP contribution < -0.4 is 11.1 Å². The summed E-state index contributed by atoms with van der Waals surface area (Å²) >= 11 is 12.0. The summed E-state index contributed by atoms with van der Waals surface area (Å²) in [6, 6.07) is 12.3. The van der Waals surface area contributed by atoms with Gasteiger partial charge in [-0.3, -0.25) is 4.79 Å². The lowest BCUT2D eigenvalue weighted by atomic mass is 10.2. The number of anilines is 2. The zero-order valence-corrected chi connectivity index (χ0v) is 15.2. The number of benzene rings is 2. The lowest BCUT2D eigenvalue weighted by molar-refractivity contribution is 0.102. The summed E-state index contributed by atoms with van der Waals surface area (Å²) in [5.74, 6) is -0.267. The Kier molecular flexibility index (Phi) is 4.70. The van der Waals surface area contributed by atoms with Gasteiger partial charge in [-0.1, -0.05) is 23.2 Å². The van der Waals surface area contributed by atoms with E-state index >= 15 is 0 Å². The SMILES string of the molecule is Cc1cc(C)n(-c2ccc(C(=O)Nc3cc(Cl)c(N)c(Cl)c3)cc2)n1. The van der Waals surface area contributed by atoms with Crippen LogP contribution in [-0.2, 0) is 0 Å². The van der Waals surface area contributed by atoms with Crippen LogP contribution in [0.1, 0.15) is 21.7 Å². The number of carbonyl (C=O) groups is 1. The van der Waals surface area contributed by atoms with Gasteiger partial charge in [0, 0.05) is 16.9 Å². The summed E-state index contributed by atoms with van der Waals surface area (Å²) in [6.45, 7) is 3.92. The van der Waals surface area contributed by atoms with E-state index in [0.717, 1.165) is 17.1 Å². The molecule has 2 aromatic carbocycles. The molecular formula is C18H16Cl2N4O. The number of aryl methyl sites for hydroxylation is 2. The Balaban J connectivity index is 1.80. The molecule has 0 atom stereocenters. The van der Waals surface area contributed by atoms with E-state index in [0.29, 0.717) is 21.3 Å². The van der Waals surface area contributed by atoms with Crippen molar-refractivity contribution < 1.29 is 4.79 Å². The highest BCUT2D eigenvalue weighted by atomic mass is 35.5. The van der Waals surface area contributed by atoms with Crippen LogP contribution in [-0.4, -0.2) is 15.7 Å². The van der Waals surface area contributed by atoms with Crippen molar-refractivity contribution in [2.45, 2.75) is 13.8 Å². The van der Waals surface area contributed by atoms with E-state index in [4.69, 9.17) is 28.9 Å². The van der Waals surface area contributed by atoms with Gasteiger partial charge >= 0.3 is 0 Å². The van der Waals surface area contributed by atoms with Crippen LogP contribution in [0.15, 0.2) is 42.5 Å². The molecule has 5 nitrogen and oxygen atoms in total. The molecule has 0 saturated heterocycles. The maximum Gasteiger partial charge on any atom is 0.255 e. The number of rotatable bonds is 3. The highest BCUT2D eigenvalue weighted by molar-refractivity contribution is 6.39. The monoisotopic (exact) mass is 374 g/mol. The first-order chi connectivity index (χ1) is 11.8. The summed E-state index contributed by atoms with van der Waals surface area (Å²) in [5.41, 5.74) is 9.83. The van der Waals surface area contributed by atoms with Crippen molar-refractivity contribution in [3.63, 3.8) is 0 Å². The van der Waals surface area contributed by atoms with E-state index in [2.05, 4.69) is 10.4 Å². The number of halogens is 2. The molecule has 0 fully saturated rings. The van der Waals surface area contributed by atoms with Crippen LogP contribution in [0.5, 0.6) is 0 Å². The number of nitrogen functional groups attached to an aromatic ring is 1. The largest absolute Gasteiger partial charge is 0.396 e. The molecule has 0 aliphatic heterocycles. The van der Waals surface area contributed by atoms with Crippen LogP contribution in [0, 0.1) is 13.8 Å². The Labute approximate surface area is 155 Å². The first kappa shape index (κ1) is 17.3. The average Bonchev–Trinajstić information content (AvgIpc) is 2.91. The van der Waals surface area contributed by atoms with Crippen LogP contribution in [0.2, 0.25) is 10.0 Å². The van der Waals surface area contributed by atoms with Gasteiger partial charge in [0.05, 0.1) is 27.1 Å². The third-order valence-electron chi connectivity index (χ3n) is 3.72. The van der Waals surface area contributed by atoms with Crippen LogP contribution in [0.4, 0.5) is 11.4 Å². The summed E-state index contributed by atoms with van der Waals surface area (Å²) < 4.78 is 1.83. The zero-order chi connectivity index (χ0) is 18.1. The molecule has 3 N–H and O–H groups in total. The third kappa shape index (κ3) is 3.62. The molecular weight excluding hydrogens is 359 g/mol. The fourth-order valence-electron chi connectivity index (χ4n) is 2.50. The average molecular weight is 375 g/mol. The molecule has 128 valence electrons. The summed E-state index contributed by atoms with van der Waals surface area (Å²) in [6.07, 6.45) is 0. The second-order valence-electron chi connectivity index (χ2n) is 5.69. The predicted molar refractivity (Wildman–Crippen MR) is 102 cm³/mol. The smallest absolute Gasteiger partial charge is 0.255 e. The fourth-order valence-corrected chi connectivity index (χ4v) is 2.99. The minimum Gasteiger partial charge on any atom is -0.396 e. The van der Waals surface area contributed by atoms with E-state index in [-0.39, 0.29) is 11.6 Å². The Morgan fingerprint density at radius 2 is 1.68 bits per heavy atom. The van der Waals surface area contributed by atoms with E-state index in [1.165, 1.54) is 0 Å². The van der Waals surface area contributed by atoms with E-state index in [9.17, 15) is 4.79 Å². The van der Waals surface area contributed by atoms with Gasteiger partial charge in [-0.05, 0) is 56.3 Å². The molecule has 1 aromatic heterocycles. The number of nitrogens with two attached hydrogens (primary N) is 1. The molecule has 0 saturated carbocycles. The lowest BCUT2D eigenvalue weighted by Crippen LogP contribution is -2.12. The van der Waals surface area contributed by atoms with Gasteiger partial charge in [0.15, 0.2) is 0 Å². The number of carbonyl (C=O) groups excluding carboxylic acids is 1. The van der Waals surface area contributed by atoms with Crippen molar-refractivity contribution in [2.24, 2.45) is 0 Å². The molecule has 1 amide bonds. The van der Waals surface area contributed by atoms with Crippen LogP contribution in [0.25, 0.3) is 5.69 Å². The maximum absolute atomic E-state index is 12.4. The van der Waals surface area contributed by atoms with Crippen molar-refractivity contribution in [1.29, 1.82) is 0 Å². The van der Waals surface area contributed by atoms with Gasteiger partial charge < -0.3 is 11.1 Å². The number of aromatic nitrogens is 2. The molecule has 0 aliphatic carbocycles. The Morgan fingerprint density at radius 1 is 1.08 bits per heavy atom. The van der Waals surface area contributed by atoms with Crippen molar-refractivity contribution in [2.75, 3.05) is 11.1 Å². The third-order valence-corrected chi connectivity index (χ3v) is 4.35. The Hall–Kier alpha value is -2.50. The predicted octanol–water partition coefficient (Wildman–Crippen LogP) is 4.63. The lowest BCUT2D eigenvalue weighted by Gasteiger charge is -2.09. The quantitative estimate of drug-likeness (QED) is 0.656. The summed E-state index contributed by atoms with van der Waals surface area (Å²) in [4.78, 5) is 12.4. The van der Waals surface area contributed by atoms with E-state index in [1.807, 2.05) is 36.7 Å². The highest BCUT2D eigenvalue weighted by Gasteiger charge is 2.11. The van der Waals surface area contributed by atoms with Crippen LogP contribution >= 0.6 is 23.2 Å². The molecule has 0 radical (unpaired) electrons. The summed E-state index contributed by atoms with van der Waals surface area (Å²) in [5, 5.41) is 7.77. The van der Waals surface area contributed by atoms with E-state index < -0.39 is 0 Å². The van der Waals surface area contributed by atoms with Gasteiger partial charge in [-0.2, -0.15) is 5.10 Å². The number of hydrogen-bond donors (Lipinski definition) is 2. The molecule has 7 heteroatoms. The minimum atomic E-state index is -0.267. The van der Waals surface area contributed by atoms with Gasteiger partial charge in [0.25, 0.3) is 5.91 Å². The molecule has 1 heterocycles. The molecule has 3 rings (SSSR count). The molecule has 3 aromatic rings. The van der Waals surface area contributed by atoms with Crippen molar-refractivity contribution in [3.8, 4) is 5.69 Å². The second-order valence-corrected chi connectivity index (χ2v) is 6.51. The Bertz CT molecular complexity index is 925. The van der Waals surface area contributed by atoms with Crippen LogP contribution in [0.3, 0.4) is 0 Å². The second kappa shape index (κ2) is 6.78. The Morgan fingerprint density at radius 3 is 2.20 bits per heavy atom. The van der Waals surface area contributed by atoms with Gasteiger partial charge in [-0.25, -0.2) is 4.68 Å². The van der Waals surface area contributed by atoms with Gasteiger partial charge in [-0.15, -0.1) is 0 Å². The molecule has 0 spiro atoms. The number of hydrogen-bond acceptors (Lipinski definition) is 3. The first-order valence-electron chi connectivity index (χ1n) is 7.55. The number of amides is 1. The number of nitrogens with zero attached hydrogens (tertiary/aromatic N) is 2. The van der Waals surface area contributed by atoms with Gasteiger partial charge in [0.1, 0.15) is 0 Å². The molecule has 25 heavy (non-hydrogen) atoms. The van der Waals surface area contributed by atoms with E-state index in [1.54, 1.807) is 24.3 Å². The number of nitrogens with one attached hydrogen (secondary N) is 1. The topological polar surface area (TPSA) is 72.9 Å². The molecule has 0 bridgehead atoms. The first-order valence-corrected chi connectivity index (χ1v) is 8.30. The van der Waals surface area contributed by atoms with Crippen molar-refractivity contribution in [3.05, 3.63) is 69.5 Å². The summed E-state index contributed by atoms with van der Waals surface area (Å²) in [7, 11) is 0. The minimum absolute atomic E-state index is 0.267. The normalized spacial score (nSPS) is 10.7. The van der Waals surface area contributed by atoms with Crippen molar-refractivity contribution in [1.82, 2.24) is 9.78 Å². The highest BCUT2D eigenvalue weighted by Crippen LogP contribution is 2.31. The molecule has 0 aliphatic rings. The standard InChI is InChI=1S/C18H16Cl2N4O/c1-10-7-11(2)24(23-10)14-5-3-12(4-6-14)18(25)22-13-8-15(19)17(21)16(20)9-13/h3-9H,21H2,1-2H3,(H,22,25). The molecule has 0 unspecified atom stereocenters. The maximum atomic E-state index is 12.4. The van der Waals surface area contributed by atoms with Crippen molar-refractivity contribution >= 4 is 40.5 Å². The van der Waals surface area contributed by atoms with Gasteiger partial charge in [0.2, 0.25) is 0 Å².